The number of carbonyl (C=O) groups excluding carboxylic acids is 1. The van der Waals surface area contributed by atoms with Gasteiger partial charge < -0.3 is 4.74 Å². The molecule has 0 bridgehead atoms. The van der Waals surface area contributed by atoms with Gasteiger partial charge in [-0.3, -0.25) is 4.79 Å². The van der Waals surface area contributed by atoms with E-state index in [9.17, 15) is 4.79 Å². The van der Waals surface area contributed by atoms with Crippen LogP contribution in [0.4, 0.5) is 0 Å². The molecule has 0 radical (unpaired) electrons. The van der Waals surface area contributed by atoms with E-state index >= 15 is 0 Å². The topological polar surface area (TPSA) is 26.3 Å². The quantitative estimate of drug-likeness (QED) is 0.411. The predicted molar refractivity (Wildman–Crippen MR) is 68.4 cm³/mol. The molecule has 0 saturated heterocycles. The Labute approximate surface area is 101 Å². The van der Waals surface area contributed by atoms with E-state index in [-0.39, 0.29) is 5.97 Å². The third-order valence-electron chi connectivity index (χ3n) is 2.85. The van der Waals surface area contributed by atoms with E-state index in [1.165, 1.54) is 38.5 Å². The molecule has 2 nitrogen and oxygen atoms in total. The lowest BCUT2D eigenvalue weighted by atomic mass is 9.97. The minimum atomic E-state index is -0.0286. The maximum Gasteiger partial charge on any atom is 0.305 e. The molecule has 1 unspecified atom stereocenters. The van der Waals surface area contributed by atoms with Gasteiger partial charge in [-0.15, -0.1) is 0 Å². The Morgan fingerprint density at radius 2 is 1.75 bits per heavy atom. The third-order valence-corrected chi connectivity index (χ3v) is 2.85. The Morgan fingerprint density at radius 1 is 1.00 bits per heavy atom. The number of esters is 1. The first-order valence-corrected chi connectivity index (χ1v) is 6.90. The lowest BCUT2D eigenvalue weighted by Gasteiger charge is -2.15. The molecule has 0 aliphatic carbocycles. The maximum absolute atomic E-state index is 11.3. The summed E-state index contributed by atoms with van der Waals surface area (Å²) in [4.78, 5) is 11.3. The fourth-order valence-electron chi connectivity index (χ4n) is 1.89. The summed E-state index contributed by atoms with van der Waals surface area (Å²) in [6.07, 6.45) is 8.84. The summed E-state index contributed by atoms with van der Waals surface area (Å²) in [5.74, 6) is 0.552. The van der Waals surface area contributed by atoms with Gasteiger partial charge in [-0.2, -0.15) is 0 Å². The SMILES string of the molecule is CCCCCC(CCC)COC(=O)CCC. The van der Waals surface area contributed by atoms with Crippen LogP contribution in [0, 0.1) is 5.92 Å². The molecule has 96 valence electrons. The van der Waals surface area contributed by atoms with E-state index in [0.717, 1.165) is 6.42 Å². The summed E-state index contributed by atoms with van der Waals surface area (Å²) < 4.78 is 5.29. The zero-order chi connectivity index (χ0) is 12.2. The average Bonchev–Trinajstić information content (AvgIpc) is 2.26. The highest BCUT2D eigenvalue weighted by atomic mass is 16.5. The van der Waals surface area contributed by atoms with Crippen LogP contribution in [0.1, 0.15) is 72.1 Å². The second kappa shape index (κ2) is 11.0. The molecule has 0 aliphatic heterocycles. The molecule has 0 aliphatic rings. The van der Waals surface area contributed by atoms with Crippen LogP contribution < -0.4 is 0 Å². The molecule has 0 saturated carbocycles. The smallest absolute Gasteiger partial charge is 0.305 e. The van der Waals surface area contributed by atoms with Crippen molar-refractivity contribution >= 4 is 5.97 Å². The highest BCUT2D eigenvalue weighted by Crippen LogP contribution is 2.16. The second-order valence-electron chi connectivity index (χ2n) is 4.58. The second-order valence-corrected chi connectivity index (χ2v) is 4.58. The van der Waals surface area contributed by atoms with Crippen molar-refractivity contribution in [1.82, 2.24) is 0 Å². The molecule has 0 rings (SSSR count). The molecule has 1 atom stereocenters. The minimum Gasteiger partial charge on any atom is -0.465 e. The summed E-state index contributed by atoms with van der Waals surface area (Å²) in [6.45, 7) is 7.05. The monoisotopic (exact) mass is 228 g/mol. The molecule has 0 aromatic heterocycles. The van der Waals surface area contributed by atoms with E-state index in [0.29, 0.717) is 18.9 Å². The van der Waals surface area contributed by atoms with Crippen molar-refractivity contribution in [3.8, 4) is 0 Å². The molecule has 0 spiro atoms. The van der Waals surface area contributed by atoms with Crippen LogP contribution in [-0.4, -0.2) is 12.6 Å². The van der Waals surface area contributed by atoms with Gasteiger partial charge in [0.1, 0.15) is 0 Å². The maximum atomic E-state index is 11.3. The zero-order valence-electron chi connectivity index (χ0n) is 11.3. The van der Waals surface area contributed by atoms with Crippen LogP contribution in [0.5, 0.6) is 0 Å². The summed E-state index contributed by atoms with van der Waals surface area (Å²) in [5, 5.41) is 0. The molecular formula is C14H28O2. The van der Waals surface area contributed by atoms with Gasteiger partial charge >= 0.3 is 5.97 Å². The average molecular weight is 228 g/mol. The summed E-state index contributed by atoms with van der Waals surface area (Å²) in [7, 11) is 0. The summed E-state index contributed by atoms with van der Waals surface area (Å²) in [5.41, 5.74) is 0. The van der Waals surface area contributed by atoms with Crippen LogP contribution in [0.2, 0.25) is 0 Å². The van der Waals surface area contributed by atoms with E-state index in [1.54, 1.807) is 0 Å². The number of hydrogen-bond acceptors (Lipinski definition) is 2. The molecule has 0 aromatic rings. The third kappa shape index (κ3) is 8.75. The molecule has 0 amide bonds. The van der Waals surface area contributed by atoms with Crippen molar-refractivity contribution in [1.29, 1.82) is 0 Å². The number of hydrogen-bond donors (Lipinski definition) is 0. The van der Waals surface area contributed by atoms with Crippen LogP contribution >= 0.6 is 0 Å². The highest BCUT2D eigenvalue weighted by Gasteiger charge is 2.10. The predicted octanol–water partition coefficient (Wildman–Crippen LogP) is 4.33. The number of ether oxygens (including phenoxy) is 1. The first-order valence-electron chi connectivity index (χ1n) is 6.90. The highest BCUT2D eigenvalue weighted by molar-refractivity contribution is 5.69. The van der Waals surface area contributed by atoms with Crippen LogP contribution in [0.25, 0.3) is 0 Å². The fourth-order valence-corrected chi connectivity index (χ4v) is 1.89. The molecule has 16 heavy (non-hydrogen) atoms. The Balaban J connectivity index is 3.70. The Hall–Kier alpha value is -0.530. The van der Waals surface area contributed by atoms with Crippen molar-refractivity contribution in [2.75, 3.05) is 6.61 Å². The van der Waals surface area contributed by atoms with Crippen LogP contribution in [0.15, 0.2) is 0 Å². The van der Waals surface area contributed by atoms with Gasteiger partial charge in [-0.25, -0.2) is 0 Å². The Bertz CT molecular complexity index is 166. The molecule has 0 N–H and O–H groups in total. The molecule has 2 heteroatoms. The first kappa shape index (κ1) is 15.5. The number of unbranched alkanes of at least 4 members (excludes halogenated alkanes) is 2. The molecule has 0 heterocycles. The normalized spacial score (nSPS) is 12.4. The lowest BCUT2D eigenvalue weighted by Crippen LogP contribution is -2.14. The summed E-state index contributed by atoms with van der Waals surface area (Å²) in [6, 6.07) is 0. The van der Waals surface area contributed by atoms with E-state index < -0.39 is 0 Å². The Kier molecular flexibility index (Phi) is 10.6. The lowest BCUT2D eigenvalue weighted by molar-refractivity contribution is -0.145. The van der Waals surface area contributed by atoms with Crippen molar-refractivity contribution < 1.29 is 9.53 Å². The van der Waals surface area contributed by atoms with Crippen molar-refractivity contribution in [2.24, 2.45) is 5.92 Å². The zero-order valence-corrected chi connectivity index (χ0v) is 11.3. The van der Waals surface area contributed by atoms with Gasteiger partial charge in [0.2, 0.25) is 0 Å². The first-order chi connectivity index (χ1) is 7.74. The van der Waals surface area contributed by atoms with Gasteiger partial charge in [0, 0.05) is 6.42 Å². The minimum absolute atomic E-state index is 0.0286. The van der Waals surface area contributed by atoms with E-state index in [4.69, 9.17) is 4.74 Å². The number of carbonyl (C=O) groups is 1. The van der Waals surface area contributed by atoms with Crippen molar-refractivity contribution in [2.45, 2.75) is 72.1 Å². The Morgan fingerprint density at radius 3 is 2.31 bits per heavy atom. The molecule has 0 fully saturated rings. The van der Waals surface area contributed by atoms with E-state index in [1.807, 2.05) is 6.92 Å². The standard InChI is InChI=1S/C14H28O2/c1-4-7-8-11-13(9-5-2)12-16-14(15)10-6-3/h13H,4-12H2,1-3H3. The van der Waals surface area contributed by atoms with Crippen LogP contribution in [0.3, 0.4) is 0 Å². The van der Waals surface area contributed by atoms with Gasteiger partial charge in [0.15, 0.2) is 0 Å². The van der Waals surface area contributed by atoms with Crippen molar-refractivity contribution in [3.63, 3.8) is 0 Å². The van der Waals surface area contributed by atoms with Gasteiger partial charge in [-0.1, -0.05) is 46.5 Å². The largest absolute Gasteiger partial charge is 0.465 e. The van der Waals surface area contributed by atoms with Crippen molar-refractivity contribution in [3.05, 3.63) is 0 Å². The van der Waals surface area contributed by atoms with E-state index in [2.05, 4.69) is 13.8 Å². The van der Waals surface area contributed by atoms with Gasteiger partial charge in [-0.05, 0) is 25.2 Å². The van der Waals surface area contributed by atoms with Crippen LogP contribution in [-0.2, 0) is 9.53 Å². The molecular weight excluding hydrogens is 200 g/mol. The fraction of sp³-hybridized carbons (Fsp3) is 0.929. The molecule has 0 aromatic carbocycles. The summed E-state index contributed by atoms with van der Waals surface area (Å²) >= 11 is 0. The van der Waals surface area contributed by atoms with Gasteiger partial charge in [0.25, 0.3) is 0 Å². The van der Waals surface area contributed by atoms with Gasteiger partial charge in [0.05, 0.1) is 6.61 Å². The number of rotatable bonds is 10.